The van der Waals surface area contributed by atoms with Crippen LogP contribution < -0.4 is 0 Å². The van der Waals surface area contributed by atoms with Crippen LogP contribution in [-0.2, 0) is 4.74 Å². The molecule has 0 aliphatic carbocycles. The first-order valence-corrected chi connectivity index (χ1v) is 4.87. The second kappa shape index (κ2) is 6.30. The molecule has 9 heavy (non-hydrogen) atoms. The van der Waals surface area contributed by atoms with E-state index in [4.69, 9.17) is 4.74 Å². The molecule has 0 amide bonds. The van der Waals surface area contributed by atoms with E-state index in [1.807, 2.05) is 0 Å². The summed E-state index contributed by atoms with van der Waals surface area (Å²) in [5, 5.41) is 0. The molecule has 1 radical (unpaired) electrons. The Morgan fingerprint density at radius 3 is 2.78 bits per heavy atom. The summed E-state index contributed by atoms with van der Waals surface area (Å²) in [4.78, 5) is 0. The molecule has 0 bridgehead atoms. The summed E-state index contributed by atoms with van der Waals surface area (Å²) < 4.78 is 5.43. The van der Waals surface area contributed by atoms with Crippen LogP contribution in [0.15, 0.2) is 0 Å². The van der Waals surface area contributed by atoms with E-state index >= 15 is 0 Å². The minimum Gasteiger partial charge on any atom is -0.383 e. The van der Waals surface area contributed by atoms with Gasteiger partial charge < -0.3 is 4.74 Å². The van der Waals surface area contributed by atoms with Gasteiger partial charge in [-0.2, -0.15) is 0 Å². The molecular weight excluding hydrogens is 128 g/mol. The average molecular weight is 145 g/mol. The predicted octanol–water partition coefficient (Wildman–Crippen LogP) is 0.719. The van der Waals surface area contributed by atoms with Crippen molar-refractivity contribution in [3.05, 3.63) is 6.92 Å². The second-order valence-corrected chi connectivity index (χ2v) is 3.61. The molecule has 0 saturated carbocycles. The van der Waals surface area contributed by atoms with Gasteiger partial charge in [-0.05, 0) is 12.8 Å². The van der Waals surface area contributed by atoms with E-state index < -0.39 is 0 Å². The largest absolute Gasteiger partial charge is 0.383 e. The lowest BCUT2D eigenvalue weighted by molar-refractivity contribution is 0.106. The monoisotopic (exact) mass is 145 g/mol. The van der Waals surface area contributed by atoms with Crippen LogP contribution >= 0.6 is 0 Å². The van der Waals surface area contributed by atoms with Crippen molar-refractivity contribution in [1.29, 1.82) is 0 Å². The predicted molar refractivity (Wildman–Crippen MR) is 44.6 cm³/mol. The van der Waals surface area contributed by atoms with Crippen LogP contribution in [0.4, 0.5) is 0 Å². The number of hydrogen-bond donors (Lipinski definition) is 0. The zero-order chi connectivity index (χ0) is 7.11. The highest BCUT2D eigenvalue weighted by Gasteiger charge is 1.95. The van der Waals surface area contributed by atoms with Gasteiger partial charge in [0.15, 0.2) is 0 Å². The highest BCUT2D eigenvalue weighted by Crippen LogP contribution is 1.94. The maximum atomic E-state index is 5.43. The van der Waals surface area contributed by atoms with Crippen LogP contribution in [0.5, 0.6) is 0 Å². The first kappa shape index (κ1) is 9.18. The van der Waals surface area contributed by atoms with Crippen molar-refractivity contribution >= 4 is 10.2 Å². The van der Waals surface area contributed by atoms with E-state index in [-0.39, 0.29) is 0 Å². The molecule has 0 N–H and O–H groups in total. The first-order chi connectivity index (χ1) is 4.31. The lowest BCUT2D eigenvalue weighted by atomic mass is 10.4. The molecule has 0 aromatic rings. The molecule has 1 unspecified atom stereocenters. The Morgan fingerprint density at radius 2 is 2.33 bits per heavy atom. The van der Waals surface area contributed by atoms with Gasteiger partial charge in [0.2, 0.25) is 0 Å². The highest BCUT2D eigenvalue weighted by atomic mass is 28.1. The smallest absolute Gasteiger partial charge is 0.0464 e. The molecule has 55 valence electrons. The van der Waals surface area contributed by atoms with Crippen LogP contribution in [0.2, 0.25) is 0 Å². The number of hydrogen-bond acceptors (Lipinski definition) is 1. The van der Waals surface area contributed by atoms with Crippen LogP contribution in [0.1, 0.15) is 26.2 Å². The molecule has 0 aromatic carbocycles. The van der Waals surface area contributed by atoms with Gasteiger partial charge in [-0.25, -0.2) is 0 Å². The fourth-order valence-corrected chi connectivity index (χ4v) is 0.748. The number of rotatable bonds is 5. The number of ether oxygens (including phenoxy) is 1. The van der Waals surface area contributed by atoms with E-state index in [1.54, 1.807) is 0 Å². The maximum absolute atomic E-state index is 5.43. The Labute approximate surface area is 61.2 Å². The van der Waals surface area contributed by atoms with Crippen LogP contribution in [0, 0.1) is 6.92 Å². The molecule has 0 saturated heterocycles. The van der Waals surface area contributed by atoms with Crippen molar-refractivity contribution in [1.82, 2.24) is 0 Å². The molecule has 2 heteroatoms. The summed E-state index contributed by atoms with van der Waals surface area (Å²) in [5.74, 6) is 0. The molecule has 0 spiro atoms. The van der Waals surface area contributed by atoms with Gasteiger partial charge in [-0.1, -0.05) is 20.3 Å². The fraction of sp³-hybridized carbons (Fsp3) is 0.857. The fourth-order valence-electron chi connectivity index (χ4n) is 0.512. The summed E-state index contributed by atoms with van der Waals surface area (Å²) in [5.41, 5.74) is 0.483. The lowest BCUT2D eigenvalue weighted by Gasteiger charge is -2.08. The Balaban J connectivity index is 2.88. The molecule has 1 atom stereocenters. The Morgan fingerprint density at radius 1 is 1.67 bits per heavy atom. The van der Waals surface area contributed by atoms with Gasteiger partial charge in [-0.3, -0.25) is 0 Å². The van der Waals surface area contributed by atoms with Crippen LogP contribution in [0.25, 0.3) is 0 Å². The van der Waals surface area contributed by atoms with Crippen molar-refractivity contribution < 1.29 is 4.74 Å². The third kappa shape index (κ3) is 6.06. The number of unbranched alkanes of at least 4 members (excludes halogenated alkanes) is 1. The summed E-state index contributed by atoms with van der Waals surface area (Å²) in [6.45, 7) is 6.88. The molecule has 0 heterocycles. The van der Waals surface area contributed by atoms with Crippen molar-refractivity contribution in [3.8, 4) is 0 Å². The minimum atomic E-state index is 0.483. The van der Waals surface area contributed by atoms with E-state index in [1.165, 1.54) is 12.8 Å². The zero-order valence-electron chi connectivity index (χ0n) is 6.52. The van der Waals surface area contributed by atoms with Gasteiger partial charge in [0.05, 0.1) is 0 Å². The van der Waals surface area contributed by atoms with E-state index in [2.05, 4.69) is 13.8 Å². The van der Waals surface area contributed by atoms with Crippen molar-refractivity contribution in [3.63, 3.8) is 0 Å². The second-order valence-electron chi connectivity index (χ2n) is 2.32. The topological polar surface area (TPSA) is 9.23 Å². The SMILES string of the molecule is [CH2]CC([SiH3])OCCCC. The molecule has 0 rings (SSSR count). The standard InChI is InChI=1S/C7H17OSi/c1-3-5-6-8-7(9)4-2/h7H,2-6H2,1,9H3. The summed E-state index contributed by atoms with van der Waals surface area (Å²) in [6.07, 6.45) is 3.36. The van der Waals surface area contributed by atoms with Crippen molar-refractivity contribution in [2.75, 3.05) is 6.61 Å². The van der Waals surface area contributed by atoms with Crippen LogP contribution in [0.3, 0.4) is 0 Å². The molecule has 0 aromatic heterocycles. The molecule has 0 fully saturated rings. The van der Waals surface area contributed by atoms with Crippen molar-refractivity contribution in [2.45, 2.75) is 31.9 Å². The molecule has 0 aliphatic rings. The highest BCUT2D eigenvalue weighted by molar-refractivity contribution is 6.11. The Hall–Kier alpha value is 0.177. The lowest BCUT2D eigenvalue weighted by Crippen LogP contribution is -2.11. The first-order valence-electron chi connectivity index (χ1n) is 3.72. The molecular formula is C7H17OSi. The van der Waals surface area contributed by atoms with E-state index in [0.717, 1.165) is 23.3 Å². The average Bonchev–Trinajstić information content (AvgIpc) is 1.89. The minimum absolute atomic E-state index is 0.483. The molecule has 1 nitrogen and oxygen atoms in total. The van der Waals surface area contributed by atoms with Gasteiger partial charge in [0.1, 0.15) is 0 Å². The zero-order valence-corrected chi connectivity index (χ0v) is 8.52. The Kier molecular flexibility index (Phi) is 6.42. The van der Waals surface area contributed by atoms with Crippen molar-refractivity contribution in [2.24, 2.45) is 0 Å². The summed E-state index contributed by atoms with van der Waals surface area (Å²) in [6, 6.07) is 0. The Bertz CT molecular complexity index is 56.9. The van der Waals surface area contributed by atoms with Gasteiger partial charge in [0, 0.05) is 22.6 Å². The van der Waals surface area contributed by atoms with Crippen LogP contribution in [-0.4, -0.2) is 22.6 Å². The van der Waals surface area contributed by atoms with Gasteiger partial charge in [0.25, 0.3) is 0 Å². The van der Waals surface area contributed by atoms with Gasteiger partial charge >= 0.3 is 0 Å². The van der Waals surface area contributed by atoms with E-state index in [9.17, 15) is 0 Å². The summed E-state index contributed by atoms with van der Waals surface area (Å²) in [7, 11) is 1.12. The van der Waals surface area contributed by atoms with Gasteiger partial charge in [-0.15, -0.1) is 0 Å². The quantitative estimate of drug-likeness (QED) is 0.409. The normalized spacial score (nSPS) is 14.0. The molecule has 0 aliphatic heterocycles. The summed E-state index contributed by atoms with van der Waals surface area (Å²) >= 11 is 0. The third-order valence-corrected chi connectivity index (χ3v) is 2.22. The maximum Gasteiger partial charge on any atom is 0.0464 e. The third-order valence-electron chi connectivity index (χ3n) is 1.31. The van der Waals surface area contributed by atoms with E-state index in [0.29, 0.717) is 5.73 Å².